The fourth-order valence-corrected chi connectivity index (χ4v) is 1.74. The molecule has 98 valence electrons. The topological polar surface area (TPSA) is 68.0 Å². The van der Waals surface area contributed by atoms with E-state index in [0.29, 0.717) is 17.1 Å². The van der Waals surface area contributed by atoms with E-state index in [0.717, 1.165) is 5.56 Å². The summed E-state index contributed by atoms with van der Waals surface area (Å²) in [5, 5.41) is 2.68. The Morgan fingerprint density at radius 1 is 1.42 bits per heavy atom. The number of aromatic nitrogens is 1. The minimum absolute atomic E-state index is 0.100. The Bertz CT molecular complexity index is 613. The number of amides is 1. The number of hydrogen-bond acceptors (Lipinski definition) is 3. The number of carbonyl (C=O) groups excluding carboxylic acids is 1. The molecule has 0 atom stereocenters. The number of nitrogen functional groups attached to an aromatic ring is 1. The predicted octanol–water partition coefficient (Wildman–Crippen LogP) is 2.29. The molecular formula is C14H14FN3O. The molecule has 0 saturated heterocycles. The van der Waals surface area contributed by atoms with Gasteiger partial charge in [0.2, 0.25) is 5.91 Å². The van der Waals surface area contributed by atoms with Gasteiger partial charge in [0.05, 0.1) is 18.3 Å². The molecule has 19 heavy (non-hydrogen) atoms. The Kier molecular flexibility index (Phi) is 3.75. The van der Waals surface area contributed by atoms with Gasteiger partial charge in [0.1, 0.15) is 11.6 Å². The van der Waals surface area contributed by atoms with E-state index in [9.17, 15) is 9.18 Å². The van der Waals surface area contributed by atoms with Crippen molar-refractivity contribution in [3.63, 3.8) is 0 Å². The number of benzene rings is 1. The molecule has 1 aromatic carbocycles. The number of carbonyl (C=O) groups is 1. The first-order chi connectivity index (χ1) is 9.04. The van der Waals surface area contributed by atoms with Crippen molar-refractivity contribution >= 4 is 17.4 Å². The van der Waals surface area contributed by atoms with Gasteiger partial charge in [0.15, 0.2) is 0 Å². The molecule has 0 saturated carbocycles. The zero-order valence-electron chi connectivity index (χ0n) is 10.5. The van der Waals surface area contributed by atoms with Crippen LogP contribution in [0.5, 0.6) is 0 Å². The van der Waals surface area contributed by atoms with E-state index >= 15 is 0 Å². The predicted molar refractivity (Wildman–Crippen MR) is 72.1 cm³/mol. The maximum atomic E-state index is 13.0. The van der Waals surface area contributed by atoms with E-state index in [1.54, 1.807) is 25.1 Å². The lowest BCUT2D eigenvalue weighted by Crippen LogP contribution is -2.16. The Labute approximate surface area is 110 Å². The second-order valence-corrected chi connectivity index (χ2v) is 4.29. The first-order valence-electron chi connectivity index (χ1n) is 5.81. The van der Waals surface area contributed by atoms with Crippen LogP contribution >= 0.6 is 0 Å². The molecule has 0 aliphatic heterocycles. The van der Waals surface area contributed by atoms with Crippen molar-refractivity contribution in [3.8, 4) is 0 Å². The number of nitrogens with one attached hydrogen (secondary N) is 1. The number of halogens is 1. The van der Waals surface area contributed by atoms with Gasteiger partial charge in [-0.05, 0) is 36.2 Å². The van der Waals surface area contributed by atoms with Crippen LogP contribution in [-0.2, 0) is 11.2 Å². The third-order valence-corrected chi connectivity index (χ3v) is 2.61. The van der Waals surface area contributed by atoms with Crippen LogP contribution in [-0.4, -0.2) is 10.9 Å². The van der Waals surface area contributed by atoms with Gasteiger partial charge in [-0.1, -0.05) is 12.1 Å². The molecule has 1 amide bonds. The van der Waals surface area contributed by atoms with Gasteiger partial charge >= 0.3 is 0 Å². The molecule has 0 bridgehead atoms. The summed E-state index contributed by atoms with van der Waals surface area (Å²) < 4.78 is 13.0. The van der Waals surface area contributed by atoms with Crippen molar-refractivity contribution in [3.05, 3.63) is 53.5 Å². The van der Waals surface area contributed by atoms with Crippen LogP contribution in [0.4, 0.5) is 15.9 Å². The van der Waals surface area contributed by atoms with Gasteiger partial charge in [-0.25, -0.2) is 9.37 Å². The average Bonchev–Trinajstić information content (AvgIpc) is 2.33. The summed E-state index contributed by atoms with van der Waals surface area (Å²) in [5.74, 6) is -0.131. The number of nitrogens with two attached hydrogens (primary N) is 1. The van der Waals surface area contributed by atoms with Gasteiger partial charge in [-0.15, -0.1) is 0 Å². The van der Waals surface area contributed by atoms with Crippen molar-refractivity contribution in [2.75, 3.05) is 11.1 Å². The summed E-state index contributed by atoms with van der Waals surface area (Å²) in [5.41, 5.74) is 7.52. The number of rotatable bonds is 3. The molecule has 0 aliphatic carbocycles. The molecular weight excluding hydrogens is 245 g/mol. The second kappa shape index (κ2) is 5.48. The SMILES string of the molecule is Cc1cc(N)cnc1NC(=O)Cc1cccc(F)c1. The molecule has 0 radical (unpaired) electrons. The highest BCUT2D eigenvalue weighted by Crippen LogP contribution is 2.14. The Hall–Kier alpha value is -2.43. The molecule has 0 unspecified atom stereocenters. The van der Waals surface area contributed by atoms with E-state index in [1.165, 1.54) is 18.3 Å². The van der Waals surface area contributed by atoms with Crippen molar-refractivity contribution in [2.45, 2.75) is 13.3 Å². The lowest BCUT2D eigenvalue weighted by atomic mass is 10.1. The van der Waals surface area contributed by atoms with Crippen molar-refractivity contribution in [1.29, 1.82) is 0 Å². The number of anilines is 2. The number of nitrogens with zero attached hydrogens (tertiary/aromatic N) is 1. The number of pyridine rings is 1. The molecule has 3 N–H and O–H groups in total. The summed E-state index contributed by atoms with van der Waals surface area (Å²) >= 11 is 0. The van der Waals surface area contributed by atoms with Gasteiger partial charge in [0.25, 0.3) is 0 Å². The number of hydrogen-bond donors (Lipinski definition) is 2. The standard InChI is InChI=1S/C14H14FN3O/c1-9-5-12(16)8-17-14(9)18-13(19)7-10-3-2-4-11(15)6-10/h2-6,8H,7,16H2,1H3,(H,17,18,19). The fraction of sp³-hybridized carbons (Fsp3) is 0.143. The Morgan fingerprint density at radius 3 is 2.89 bits per heavy atom. The van der Waals surface area contributed by atoms with E-state index in [4.69, 9.17) is 5.73 Å². The van der Waals surface area contributed by atoms with Crippen molar-refractivity contribution < 1.29 is 9.18 Å². The van der Waals surface area contributed by atoms with Gasteiger partial charge in [0, 0.05) is 0 Å². The van der Waals surface area contributed by atoms with E-state index in [2.05, 4.69) is 10.3 Å². The highest BCUT2D eigenvalue weighted by molar-refractivity contribution is 5.92. The van der Waals surface area contributed by atoms with Gasteiger partial charge in [-0.3, -0.25) is 4.79 Å². The molecule has 5 heteroatoms. The molecule has 1 aromatic heterocycles. The molecule has 0 spiro atoms. The third kappa shape index (κ3) is 3.51. The molecule has 0 fully saturated rings. The zero-order chi connectivity index (χ0) is 13.8. The maximum Gasteiger partial charge on any atom is 0.229 e. The van der Waals surface area contributed by atoms with Crippen molar-refractivity contribution in [1.82, 2.24) is 4.98 Å². The molecule has 0 aliphatic rings. The fourth-order valence-electron chi connectivity index (χ4n) is 1.74. The first kappa shape index (κ1) is 13.0. The molecule has 1 heterocycles. The van der Waals surface area contributed by atoms with E-state index in [-0.39, 0.29) is 18.1 Å². The summed E-state index contributed by atoms with van der Waals surface area (Å²) in [4.78, 5) is 15.9. The van der Waals surface area contributed by atoms with Crippen molar-refractivity contribution in [2.24, 2.45) is 0 Å². The average molecular weight is 259 g/mol. The summed E-state index contributed by atoms with van der Waals surface area (Å²) in [7, 11) is 0. The highest BCUT2D eigenvalue weighted by Gasteiger charge is 2.07. The smallest absolute Gasteiger partial charge is 0.229 e. The summed E-state index contributed by atoms with van der Waals surface area (Å²) in [6, 6.07) is 7.68. The first-order valence-corrected chi connectivity index (χ1v) is 5.81. The minimum Gasteiger partial charge on any atom is -0.397 e. The lowest BCUT2D eigenvalue weighted by molar-refractivity contribution is -0.115. The van der Waals surface area contributed by atoms with Gasteiger partial charge in [-0.2, -0.15) is 0 Å². The quantitative estimate of drug-likeness (QED) is 0.888. The Morgan fingerprint density at radius 2 is 2.21 bits per heavy atom. The minimum atomic E-state index is -0.355. The van der Waals surface area contributed by atoms with Gasteiger partial charge < -0.3 is 11.1 Å². The molecule has 2 aromatic rings. The van der Waals surface area contributed by atoms with Crippen LogP contribution in [0, 0.1) is 12.7 Å². The van der Waals surface area contributed by atoms with Crippen LogP contribution in [0.25, 0.3) is 0 Å². The molecule has 2 rings (SSSR count). The van der Waals surface area contributed by atoms with Crippen LogP contribution in [0.1, 0.15) is 11.1 Å². The maximum absolute atomic E-state index is 13.0. The third-order valence-electron chi connectivity index (χ3n) is 2.61. The largest absolute Gasteiger partial charge is 0.397 e. The number of aryl methyl sites for hydroxylation is 1. The van der Waals surface area contributed by atoms with Crippen LogP contribution in [0.15, 0.2) is 36.5 Å². The van der Waals surface area contributed by atoms with E-state index < -0.39 is 0 Å². The zero-order valence-corrected chi connectivity index (χ0v) is 10.5. The second-order valence-electron chi connectivity index (χ2n) is 4.29. The Balaban J connectivity index is 2.05. The normalized spacial score (nSPS) is 10.2. The summed E-state index contributed by atoms with van der Waals surface area (Å²) in [6.07, 6.45) is 1.58. The molecule has 4 nitrogen and oxygen atoms in total. The monoisotopic (exact) mass is 259 g/mol. The lowest BCUT2D eigenvalue weighted by Gasteiger charge is -2.08. The van der Waals surface area contributed by atoms with Crippen LogP contribution in [0.2, 0.25) is 0 Å². The van der Waals surface area contributed by atoms with Crippen LogP contribution < -0.4 is 11.1 Å². The highest BCUT2D eigenvalue weighted by atomic mass is 19.1. The van der Waals surface area contributed by atoms with Crippen LogP contribution in [0.3, 0.4) is 0 Å². The van der Waals surface area contributed by atoms with E-state index in [1.807, 2.05) is 0 Å². The summed E-state index contributed by atoms with van der Waals surface area (Å²) in [6.45, 7) is 1.81.